The Hall–Kier alpha value is -3.17. The molecule has 0 spiro atoms. The number of hydrogen-bond donors (Lipinski definition) is 0. The van der Waals surface area contributed by atoms with Gasteiger partial charge in [-0.3, -0.25) is 4.79 Å². The van der Waals surface area contributed by atoms with Crippen molar-refractivity contribution in [2.75, 3.05) is 6.61 Å². The number of ketones is 1. The summed E-state index contributed by atoms with van der Waals surface area (Å²) in [6, 6.07) is 4.73. The van der Waals surface area contributed by atoms with Crippen LogP contribution in [0.15, 0.2) is 36.7 Å². The van der Waals surface area contributed by atoms with E-state index >= 15 is 0 Å². The fourth-order valence-electron chi connectivity index (χ4n) is 3.05. The normalized spacial score (nSPS) is 12.8. The fraction of sp³-hybridized carbons (Fsp3) is 0.350. The van der Waals surface area contributed by atoms with Crippen molar-refractivity contribution in [2.24, 2.45) is 0 Å². The topological polar surface area (TPSA) is 61.9 Å². The minimum atomic E-state index is -4.59. The molecular formula is C20H20F4N4O2. The van der Waals surface area contributed by atoms with Crippen molar-refractivity contribution < 1.29 is 27.1 Å². The van der Waals surface area contributed by atoms with Crippen LogP contribution in [0.5, 0.6) is 5.88 Å². The molecule has 3 aromatic rings. The predicted molar refractivity (Wildman–Crippen MR) is 100 cm³/mol. The van der Waals surface area contributed by atoms with Gasteiger partial charge in [0.05, 0.1) is 24.5 Å². The number of carbonyl (C=O) groups is 1. The molecule has 2 heterocycles. The summed E-state index contributed by atoms with van der Waals surface area (Å²) >= 11 is 0. The van der Waals surface area contributed by atoms with E-state index < -0.39 is 23.7 Å². The zero-order chi connectivity index (χ0) is 22.1. The maximum absolute atomic E-state index is 13.2. The third-order valence-electron chi connectivity index (χ3n) is 4.60. The molecule has 0 saturated carbocycles. The summed E-state index contributed by atoms with van der Waals surface area (Å²) in [5.74, 6) is -0.316. The lowest BCUT2D eigenvalue weighted by Gasteiger charge is -2.14. The molecule has 1 aromatic carbocycles. The second-order valence-corrected chi connectivity index (χ2v) is 6.69. The first kappa shape index (κ1) is 21.5. The molecule has 0 radical (unpaired) electrons. The van der Waals surface area contributed by atoms with E-state index in [9.17, 15) is 22.4 Å². The number of nitrogens with zero attached hydrogens (tertiary/aromatic N) is 4. The Kier molecular flexibility index (Phi) is 5.95. The van der Waals surface area contributed by atoms with E-state index in [2.05, 4.69) is 10.1 Å². The highest BCUT2D eigenvalue weighted by molar-refractivity contribution is 5.85. The number of carbonyl (C=O) groups excluding carboxylic acids is 1. The lowest BCUT2D eigenvalue weighted by molar-refractivity contribution is -0.141. The summed E-state index contributed by atoms with van der Waals surface area (Å²) in [7, 11) is 0. The smallest absolute Gasteiger partial charge is 0.434 e. The SMILES string of the molecule is CCOc1c(CC(=O)C(C)n2cc(C(F)(F)F)nc2C)cnn1-c1ccc(F)cc1. The molecule has 0 aliphatic rings. The van der Waals surface area contributed by atoms with E-state index in [-0.39, 0.29) is 18.0 Å². The van der Waals surface area contributed by atoms with E-state index in [1.807, 2.05) is 0 Å². The molecule has 0 bridgehead atoms. The minimum absolute atomic E-state index is 0.0928. The molecule has 160 valence electrons. The highest BCUT2D eigenvalue weighted by Crippen LogP contribution is 2.30. The average molecular weight is 424 g/mol. The summed E-state index contributed by atoms with van der Waals surface area (Å²) < 4.78 is 60.2. The summed E-state index contributed by atoms with van der Waals surface area (Å²) in [4.78, 5) is 16.3. The van der Waals surface area contributed by atoms with Gasteiger partial charge in [-0.15, -0.1) is 0 Å². The Bertz CT molecular complexity index is 1040. The first-order valence-electron chi connectivity index (χ1n) is 9.22. The summed E-state index contributed by atoms with van der Waals surface area (Å²) in [5, 5.41) is 4.22. The number of alkyl halides is 3. The third-order valence-corrected chi connectivity index (χ3v) is 4.60. The van der Waals surface area contributed by atoms with Gasteiger partial charge in [-0.25, -0.2) is 14.1 Å². The second kappa shape index (κ2) is 8.29. The number of hydrogen-bond acceptors (Lipinski definition) is 4. The Labute approximate surface area is 170 Å². The highest BCUT2D eigenvalue weighted by atomic mass is 19.4. The Balaban J connectivity index is 1.86. The molecule has 0 N–H and O–H groups in total. The Morgan fingerprint density at radius 1 is 1.23 bits per heavy atom. The molecule has 0 saturated heterocycles. The molecule has 30 heavy (non-hydrogen) atoms. The van der Waals surface area contributed by atoms with E-state index in [4.69, 9.17) is 4.74 Å². The van der Waals surface area contributed by atoms with Crippen molar-refractivity contribution in [3.63, 3.8) is 0 Å². The number of imidazole rings is 1. The Morgan fingerprint density at radius 2 is 1.90 bits per heavy atom. The quantitative estimate of drug-likeness (QED) is 0.531. The molecular weight excluding hydrogens is 404 g/mol. The van der Waals surface area contributed by atoms with Gasteiger partial charge in [0.1, 0.15) is 11.6 Å². The lowest BCUT2D eigenvalue weighted by atomic mass is 10.1. The van der Waals surface area contributed by atoms with Gasteiger partial charge in [0, 0.05) is 18.2 Å². The molecule has 6 nitrogen and oxygen atoms in total. The van der Waals surface area contributed by atoms with Crippen molar-refractivity contribution in [1.82, 2.24) is 19.3 Å². The number of aromatic nitrogens is 4. The van der Waals surface area contributed by atoms with Crippen LogP contribution in [-0.4, -0.2) is 31.7 Å². The van der Waals surface area contributed by atoms with Crippen molar-refractivity contribution in [3.8, 4) is 11.6 Å². The van der Waals surface area contributed by atoms with Crippen LogP contribution in [0.4, 0.5) is 17.6 Å². The fourth-order valence-corrected chi connectivity index (χ4v) is 3.05. The van der Waals surface area contributed by atoms with Crippen LogP contribution in [0.1, 0.15) is 37.0 Å². The van der Waals surface area contributed by atoms with Crippen LogP contribution in [-0.2, 0) is 17.4 Å². The van der Waals surface area contributed by atoms with Crippen molar-refractivity contribution in [2.45, 2.75) is 39.4 Å². The van der Waals surface area contributed by atoms with Gasteiger partial charge >= 0.3 is 6.18 Å². The second-order valence-electron chi connectivity index (χ2n) is 6.69. The van der Waals surface area contributed by atoms with Crippen molar-refractivity contribution >= 4 is 5.78 Å². The number of halogens is 4. The molecule has 1 unspecified atom stereocenters. The van der Waals surface area contributed by atoms with Crippen molar-refractivity contribution in [3.05, 3.63) is 59.6 Å². The van der Waals surface area contributed by atoms with Gasteiger partial charge < -0.3 is 9.30 Å². The summed E-state index contributed by atoms with van der Waals surface area (Å²) in [6.07, 6.45) is -2.39. The molecule has 0 aliphatic carbocycles. The molecule has 2 aromatic heterocycles. The monoisotopic (exact) mass is 424 g/mol. The van der Waals surface area contributed by atoms with E-state index in [1.165, 1.54) is 53.6 Å². The van der Waals surface area contributed by atoms with E-state index in [0.717, 1.165) is 6.20 Å². The van der Waals surface area contributed by atoms with Crippen LogP contribution in [0.25, 0.3) is 5.69 Å². The number of aryl methyl sites for hydroxylation is 1. The summed E-state index contributed by atoms with van der Waals surface area (Å²) in [6.45, 7) is 5.00. The number of Topliss-reactive ketones (excluding diaryl/α,β-unsaturated/α-hetero) is 1. The van der Waals surface area contributed by atoms with Gasteiger partial charge in [0.2, 0.25) is 5.88 Å². The van der Waals surface area contributed by atoms with Gasteiger partial charge in [0.15, 0.2) is 11.5 Å². The van der Waals surface area contributed by atoms with Gasteiger partial charge in [0.25, 0.3) is 0 Å². The first-order valence-corrected chi connectivity index (χ1v) is 9.22. The predicted octanol–water partition coefficient (Wildman–Crippen LogP) is 4.31. The van der Waals surface area contributed by atoms with E-state index in [0.29, 0.717) is 23.7 Å². The average Bonchev–Trinajstić information content (AvgIpc) is 3.26. The van der Waals surface area contributed by atoms with Gasteiger partial charge in [-0.1, -0.05) is 0 Å². The molecule has 0 amide bonds. The number of rotatable bonds is 7. The summed E-state index contributed by atoms with van der Waals surface area (Å²) in [5.41, 5.74) is -0.0162. The van der Waals surface area contributed by atoms with E-state index in [1.54, 1.807) is 6.92 Å². The molecule has 10 heteroatoms. The molecule has 0 fully saturated rings. The number of ether oxygens (including phenoxy) is 1. The minimum Gasteiger partial charge on any atom is -0.478 e. The molecule has 0 aliphatic heterocycles. The highest BCUT2D eigenvalue weighted by Gasteiger charge is 2.35. The zero-order valence-electron chi connectivity index (χ0n) is 16.6. The maximum atomic E-state index is 13.2. The van der Waals surface area contributed by atoms with Crippen LogP contribution in [0.3, 0.4) is 0 Å². The third kappa shape index (κ3) is 4.37. The zero-order valence-corrected chi connectivity index (χ0v) is 16.6. The van der Waals surface area contributed by atoms with Crippen LogP contribution < -0.4 is 4.74 Å². The van der Waals surface area contributed by atoms with Gasteiger partial charge in [-0.2, -0.15) is 18.3 Å². The largest absolute Gasteiger partial charge is 0.478 e. The first-order chi connectivity index (χ1) is 14.1. The maximum Gasteiger partial charge on any atom is 0.434 e. The van der Waals surface area contributed by atoms with Crippen molar-refractivity contribution in [1.29, 1.82) is 0 Å². The standard InChI is InChI=1S/C20H20F4N4O2/c1-4-30-19-14(10-25-28(19)16-7-5-15(21)6-8-16)9-17(29)12(2)27-11-18(20(22,23)24)26-13(27)3/h5-8,10-12H,4,9H2,1-3H3. The van der Waals surface area contributed by atoms with Crippen LogP contribution >= 0.6 is 0 Å². The molecule has 3 rings (SSSR count). The Morgan fingerprint density at radius 3 is 2.47 bits per heavy atom. The lowest BCUT2D eigenvalue weighted by Crippen LogP contribution is -2.19. The van der Waals surface area contributed by atoms with Gasteiger partial charge in [-0.05, 0) is 45.0 Å². The van der Waals surface area contributed by atoms with Crippen LogP contribution in [0, 0.1) is 12.7 Å². The number of benzene rings is 1. The molecule has 1 atom stereocenters. The van der Waals surface area contributed by atoms with Crippen LogP contribution in [0.2, 0.25) is 0 Å².